The van der Waals surface area contributed by atoms with Crippen LogP contribution in [0.1, 0.15) is 31.7 Å². The average molecular weight is 286 g/mol. The minimum Gasteiger partial charge on any atom is -0.342 e. The Labute approximate surface area is 127 Å². The number of likely N-dealkylation sites (tertiary alicyclic amines) is 2. The maximum Gasteiger partial charge on any atom is 0.227 e. The Hall–Kier alpha value is -1.35. The van der Waals surface area contributed by atoms with Crippen molar-refractivity contribution in [3.63, 3.8) is 0 Å². The van der Waals surface area contributed by atoms with Crippen LogP contribution in [0.5, 0.6) is 0 Å². The van der Waals surface area contributed by atoms with Crippen LogP contribution in [0.25, 0.3) is 0 Å². The van der Waals surface area contributed by atoms with Crippen LogP contribution >= 0.6 is 0 Å². The molecule has 2 saturated heterocycles. The van der Waals surface area contributed by atoms with Crippen LogP contribution in [-0.4, -0.2) is 41.9 Å². The fourth-order valence-electron chi connectivity index (χ4n) is 3.67. The van der Waals surface area contributed by atoms with E-state index < -0.39 is 0 Å². The molecule has 2 aliphatic heterocycles. The van der Waals surface area contributed by atoms with E-state index in [4.69, 9.17) is 0 Å². The van der Waals surface area contributed by atoms with Gasteiger partial charge in [-0.2, -0.15) is 0 Å². The van der Waals surface area contributed by atoms with Crippen LogP contribution in [0.15, 0.2) is 30.3 Å². The van der Waals surface area contributed by atoms with E-state index in [1.54, 1.807) is 0 Å². The van der Waals surface area contributed by atoms with Gasteiger partial charge in [0.15, 0.2) is 0 Å². The van der Waals surface area contributed by atoms with Crippen LogP contribution in [0.4, 0.5) is 0 Å². The lowest BCUT2D eigenvalue weighted by Gasteiger charge is -2.32. The van der Waals surface area contributed by atoms with Crippen molar-refractivity contribution in [2.45, 2.75) is 32.7 Å². The highest BCUT2D eigenvalue weighted by Crippen LogP contribution is 2.24. The van der Waals surface area contributed by atoms with Crippen molar-refractivity contribution in [2.75, 3.05) is 26.2 Å². The maximum atomic E-state index is 12.6. The molecular weight excluding hydrogens is 260 g/mol. The first-order valence-electron chi connectivity index (χ1n) is 8.27. The molecular formula is C18H26N2O. The minimum absolute atomic E-state index is 0.221. The van der Waals surface area contributed by atoms with Gasteiger partial charge in [-0.15, -0.1) is 0 Å². The quantitative estimate of drug-likeness (QED) is 0.853. The van der Waals surface area contributed by atoms with E-state index in [-0.39, 0.29) is 5.92 Å². The predicted octanol–water partition coefficient (Wildman–Crippen LogP) is 2.77. The van der Waals surface area contributed by atoms with E-state index in [2.05, 4.69) is 47.1 Å². The molecule has 0 aliphatic carbocycles. The molecule has 2 heterocycles. The largest absolute Gasteiger partial charge is 0.342 e. The number of carbonyl (C=O) groups is 1. The van der Waals surface area contributed by atoms with Gasteiger partial charge in [-0.3, -0.25) is 9.69 Å². The Morgan fingerprint density at radius 2 is 1.95 bits per heavy atom. The standard InChI is InChI=1S/C18H26N2O/c1-15-6-5-10-20(12-15)18(21)17-9-11-19(14-17)13-16-7-3-2-4-8-16/h2-4,7-8,15,17H,5-6,9-14H2,1H3. The van der Waals surface area contributed by atoms with Crippen LogP contribution in [0, 0.1) is 11.8 Å². The summed E-state index contributed by atoms with van der Waals surface area (Å²) in [6.07, 6.45) is 3.47. The van der Waals surface area contributed by atoms with Crippen LogP contribution < -0.4 is 0 Å². The molecule has 0 N–H and O–H groups in total. The van der Waals surface area contributed by atoms with Gasteiger partial charge in [0, 0.05) is 26.2 Å². The lowest BCUT2D eigenvalue weighted by atomic mass is 9.98. The number of carbonyl (C=O) groups excluding carboxylic acids is 1. The van der Waals surface area contributed by atoms with E-state index in [1.165, 1.54) is 18.4 Å². The molecule has 2 fully saturated rings. The lowest BCUT2D eigenvalue weighted by molar-refractivity contribution is -0.136. The summed E-state index contributed by atoms with van der Waals surface area (Å²) in [7, 11) is 0. The monoisotopic (exact) mass is 286 g/mol. The number of nitrogens with zero attached hydrogens (tertiary/aromatic N) is 2. The first-order valence-corrected chi connectivity index (χ1v) is 8.27. The van der Waals surface area contributed by atoms with E-state index >= 15 is 0 Å². The van der Waals surface area contributed by atoms with E-state index in [0.29, 0.717) is 11.8 Å². The van der Waals surface area contributed by atoms with E-state index in [0.717, 1.165) is 39.1 Å². The molecule has 0 spiro atoms. The molecule has 0 bridgehead atoms. The van der Waals surface area contributed by atoms with Gasteiger partial charge in [-0.1, -0.05) is 37.3 Å². The molecule has 2 atom stereocenters. The fourth-order valence-corrected chi connectivity index (χ4v) is 3.67. The summed E-state index contributed by atoms with van der Waals surface area (Å²) in [5, 5.41) is 0. The highest BCUT2D eigenvalue weighted by Gasteiger charge is 2.32. The second kappa shape index (κ2) is 6.61. The molecule has 1 aromatic rings. The third-order valence-corrected chi connectivity index (χ3v) is 4.84. The molecule has 3 rings (SSSR count). The van der Waals surface area contributed by atoms with Crippen LogP contribution in [0.2, 0.25) is 0 Å². The molecule has 0 saturated carbocycles. The fraction of sp³-hybridized carbons (Fsp3) is 0.611. The van der Waals surface area contributed by atoms with Crippen molar-refractivity contribution >= 4 is 5.91 Å². The van der Waals surface area contributed by atoms with Gasteiger partial charge in [0.1, 0.15) is 0 Å². The van der Waals surface area contributed by atoms with Gasteiger partial charge in [-0.05, 0) is 37.3 Å². The number of hydrogen-bond acceptors (Lipinski definition) is 2. The van der Waals surface area contributed by atoms with E-state index in [1.807, 2.05) is 0 Å². The second-order valence-electron chi connectivity index (χ2n) is 6.74. The SMILES string of the molecule is CC1CCCN(C(=O)C2CCN(Cc3ccccc3)C2)C1. The van der Waals surface area contributed by atoms with Crippen LogP contribution in [-0.2, 0) is 11.3 Å². The van der Waals surface area contributed by atoms with Crippen molar-refractivity contribution in [1.29, 1.82) is 0 Å². The van der Waals surface area contributed by atoms with Crippen molar-refractivity contribution in [3.05, 3.63) is 35.9 Å². The predicted molar refractivity (Wildman–Crippen MR) is 84.8 cm³/mol. The Morgan fingerprint density at radius 1 is 1.14 bits per heavy atom. The molecule has 2 aliphatic rings. The molecule has 1 aromatic carbocycles. The average Bonchev–Trinajstić information content (AvgIpc) is 2.96. The molecule has 114 valence electrons. The number of piperidine rings is 1. The van der Waals surface area contributed by atoms with Crippen molar-refractivity contribution in [3.8, 4) is 0 Å². The molecule has 3 nitrogen and oxygen atoms in total. The number of hydrogen-bond donors (Lipinski definition) is 0. The molecule has 21 heavy (non-hydrogen) atoms. The molecule has 0 aromatic heterocycles. The minimum atomic E-state index is 0.221. The van der Waals surface area contributed by atoms with Gasteiger partial charge in [0.25, 0.3) is 0 Å². The zero-order chi connectivity index (χ0) is 14.7. The highest BCUT2D eigenvalue weighted by atomic mass is 16.2. The van der Waals surface area contributed by atoms with Gasteiger partial charge in [-0.25, -0.2) is 0 Å². The topological polar surface area (TPSA) is 23.6 Å². The zero-order valence-electron chi connectivity index (χ0n) is 13.0. The van der Waals surface area contributed by atoms with Gasteiger partial charge in [0.05, 0.1) is 5.92 Å². The summed E-state index contributed by atoms with van der Waals surface area (Å²) in [5.41, 5.74) is 1.34. The summed E-state index contributed by atoms with van der Waals surface area (Å²) in [5.74, 6) is 1.29. The Kier molecular flexibility index (Phi) is 4.59. The Bertz CT molecular complexity index is 473. The zero-order valence-corrected chi connectivity index (χ0v) is 13.0. The normalized spacial score (nSPS) is 27.0. The van der Waals surface area contributed by atoms with Crippen molar-refractivity contribution < 1.29 is 4.79 Å². The molecule has 3 heteroatoms. The second-order valence-corrected chi connectivity index (χ2v) is 6.74. The smallest absolute Gasteiger partial charge is 0.227 e. The van der Waals surface area contributed by atoms with Gasteiger partial charge >= 0.3 is 0 Å². The Balaban J connectivity index is 1.53. The molecule has 0 radical (unpaired) electrons. The number of amides is 1. The summed E-state index contributed by atoms with van der Waals surface area (Å²) >= 11 is 0. The first-order chi connectivity index (χ1) is 10.2. The summed E-state index contributed by atoms with van der Waals surface area (Å²) < 4.78 is 0. The highest BCUT2D eigenvalue weighted by molar-refractivity contribution is 5.79. The third-order valence-electron chi connectivity index (χ3n) is 4.84. The number of rotatable bonds is 3. The number of benzene rings is 1. The maximum absolute atomic E-state index is 12.6. The first kappa shape index (κ1) is 14.6. The summed E-state index contributed by atoms with van der Waals surface area (Å²) in [6, 6.07) is 10.6. The molecule has 2 unspecified atom stereocenters. The van der Waals surface area contributed by atoms with Crippen LogP contribution in [0.3, 0.4) is 0 Å². The molecule has 1 amide bonds. The van der Waals surface area contributed by atoms with Gasteiger partial charge in [0.2, 0.25) is 5.91 Å². The van der Waals surface area contributed by atoms with Crippen molar-refractivity contribution in [2.24, 2.45) is 11.8 Å². The van der Waals surface area contributed by atoms with Gasteiger partial charge < -0.3 is 4.90 Å². The van der Waals surface area contributed by atoms with E-state index in [9.17, 15) is 4.79 Å². The third kappa shape index (κ3) is 3.65. The van der Waals surface area contributed by atoms with Crippen molar-refractivity contribution in [1.82, 2.24) is 9.80 Å². The Morgan fingerprint density at radius 3 is 2.71 bits per heavy atom. The summed E-state index contributed by atoms with van der Waals surface area (Å²) in [4.78, 5) is 17.2. The lowest BCUT2D eigenvalue weighted by Crippen LogP contribution is -2.43. The summed E-state index contributed by atoms with van der Waals surface area (Å²) in [6.45, 7) is 7.15.